The SMILES string of the molecule is Cc1c[c-]c(-c2cc(C)c(C)cn2)cc1.[2H]C([2H])([2H])c1ccc2c(n1)oc1c(-c3ccc4scc(C([2H])([2H])C(C)(C)C)c4n3)[c-]ccc12.[Ir]. The minimum Gasteiger partial charge on any atom is -0.486 e. The third-order valence-corrected chi connectivity index (χ3v) is 8.04. The first-order valence-corrected chi connectivity index (χ1v) is 15.0. The van der Waals surface area contributed by atoms with Gasteiger partial charge in [0.2, 0.25) is 5.71 Å². The van der Waals surface area contributed by atoms with Gasteiger partial charge in [0.05, 0.1) is 15.8 Å². The van der Waals surface area contributed by atoms with Crippen LogP contribution in [0.1, 0.15) is 55.6 Å². The second-order valence-corrected chi connectivity index (χ2v) is 12.7. The molecule has 0 saturated carbocycles. The molecular formula is C38H35IrN3OS-2. The zero-order valence-electron chi connectivity index (χ0n) is 30.4. The molecule has 4 nitrogen and oxygen atoms in total. The van der Waals surface area contributed by atoms with Crippen molar-refractivity contribution in [3.8, 4) is 22.5 Å². The first kappa shape index (κ1) is 25.6. The van der Waals surface area contributed by atoms with E-state index in [-0.39, 0.29) is 31.5 Å². The molecule has 0 aliphatic heterocycles. The third kappa shape index (κ3) is 6.68. The molecule has 0 spiro atoms. The minimum atomic E-state index is -2.32. The summed E-state index contributed by atoms with van der Waals surface area (Å²) in [5, 5.41) is 3.36. The van der Waals surface area contributed by atoms with E-state index in [0.717, 1.165) is 26.7 Å². The number of pyridine rings is 3. The van der Waals surface area contributed by atoms with Crippen molar-refractivity contribution in [2.45, 2.75) is 54.8 Å². The zero-order chi connectivity index (χ0) is 34.6. The van der Waals surface area contributed by atoms with Crippen LogP contribution in [0.15, 0.2) is 76.7 Å². The predicted octanol–water partition coefficient (Wildman–Crippen LogP) is 10.4. The molecule has 0 saturated heterocycles. The van der Waals surface area contributed by atoms with Gasteiger partial charge < -0.3 is 9.40 Å². The Morgan fingerprint density at radius 2 is 1.77 bits per heavy atom. The molecular weight excluding hydrogens is 739 g/mol. The molecule has 0 atom stereocenters. The first-order chi connectivity index (χ1) is 22.5. The largest absolute Gasteiger partial charge is 0.486 e. The second kappa shape index (κ2) is 12.7. The molecule has 0 amide bonds. The minimum absolute atomic E-state index is 0. The average molecular weight is 779 g/mol. The van der Waals surface area contributed by atoms with Gasteiger partial charge >= 0.3 is 0 Å². The van der Waals surface area contributed by atoms with Crippen molar-refractivity contribution in [2.24, 2.45) is 5.41 Å². The predicted molar refractivity (Wildman–Crippen MR) is 180 cm³/mol. The van der Waals surface area contributed by atoms with Crippen molar-refractivity contribution < 1.29 is 31.4 Å². The third-order valence-electron chi connectivity index (χ3n) is 7.10. The van der Waals surface area contributed by atoms with Crippen LogP contribution in [0, 0.1) is 45.2 Å². The van der Waals surface area contributed by atoms with E-state index in [1.807, 2.05) is 56.6 Å². The van der Waals surface area contributed by atoms with E-state index < -0.39 is 18.6 Å². The fraction of sp³-hybridized carbons (Fsp3) is 0.237. The van der Waals surface area contributed by atoms with Gasteiger partial charge in [-0.25, -0.2) is 4.98 Å². The van der Waals surface area contributed by atoms with Crippen LogP contribution in [0.4, 0.5) is 0 Å². The molecule has 5 aromatic heterocycles. The maximum atomic E-state index is 8.72. The molecule has 225 valence electrons. The molecule has 0 aliphatic rings. The Balaban J connectivity index is 0.000000246. The van der Waals surface area contributed by atoms with Gasteiger partial charge in [-0.3, -0.25) is 4.98 Å². The Morgan fingerprint density at radius 3 is 2.50 bits per heavy atom. The number of furan rings is 1. The van der Waals surface area contributed by atoms with Crippen LogP contribution >= 0.6 is 11.3 Å². The maximum Gasteiger partial charge on any atom is 0.216 e. The summed E-state index contributed by atoms with van der Waals surface area (Å²) < 4.78 is 47.2. The topological polar surface area (TPSA) is 51.8 Å². The van der Waals surface area contributed by atoms with E-state index in [2.05, 4.69) is 61.1 Å². The molecule has 7 rings (SSSR count). The van der Waals surface area contributed by atoms with Gasteiger partial charge in [0.15, 0.2) is 0 Å². The number of hydrogen-bond donors (Lipinski definition) is 0. The number of rotatable bonds is 3. The van der Waals surface area contributed by atoms with Crippen molar-refractivity contribution in [3.63, 3.8) is 0 Å². The summed E-state index contributed by atoms with van der Waals surface area (Å²) in [6.45, 7) is 9.56. The summed E-state index contributed by atoms with van der Waals surface area (Å²) in [5.41, 5.74) is 8.35. The van der Waals surface area contributed by atoms with Gasteiger partial charge in [0, 0.05) is 44.2 Å². The van der Waals surface area contributed by atoms with Crippen LogP contribution in [0.25, 0.3) is 54.8 Å². The van der Waals surface area contributed by atoms with Crippen molar-refractivity contribution in [2.75, 3.05) is 0 Å². The number of fused-ring (bicyclic) bond motifs is 4. The molecule has 7 aromatic rings. The summed E-state index contributed by atoms with van der Waals surface area (Å²) in [6, 6.07) is 25.3. The van der Waals surface area contributed by atoms with Crippen LogP contribution in [0.3, 0.4) is 0 Å². The number of aromatic nitrogens is 3. The Morgan fingerprint density at radius 1 is 0.932 bits per heavy atom. The molecule has 44 heavy (non-hydrogen) atoms. The molecule has 0 aliphatic carbocycles. The monoisotopic (exact) mass is 779 g/mol. The van der Waals surface area contributed by atoms with E-state index in [1.54, 1.807) is 12.1 Å². The van der Waals surface area contributed by atoms with Gasteiger partial charge in [-0.2, -0.15) is 0 Å². The van der Waals surface area contributed by atoms with Crippen molar-refractivity contribution in [1.29, 1.82) is 0 Å². The van der Waals surface area contributed by atoms with E-state index in [0.29, 0.717) is 27.9 Å². The van der Waals surface area contributed by atoms with E-state index in [4.69, 9.17) is 16.3 Å². The quantitative estimate of drug-likeness (QED) is 0.168. The summed E-state index contributed by atoms with van der Waals surface area (Å²) >= 11 is 1.47. The van der Waals surface area contributed by atoms with Crippen LogP contribution in [0.2, 0.25) is 0 Å². The Hall–Kier alpha value is -3.70. The van der Waals surface area contributed by atoms with Gasteiger partial charge in [-0.05, 0) is 78.6 Å². The van der Waals surface area contributed by atoms with Crippen molar-refractivity contribution in [1.82, 2.24) is 15.0 Å². The molecule has 0 fully saturated rings. The summed E-state index contributed by atoms with van der Waals surface area (Å²) in [4.78, 5) is 13.5. The van der Waals surface area contributed by atoms with Gasteiger partial charge in [0.25, 0.3) is 0 Å². The van der Waals surface area contributed by atoms with E-state index in [1.165, 1.54) is 34.1 Å². The number of hydrogen-bond acceptors (Lipinski definition) is 5. The van der Waals surface area contributed by atoms with Gasteiger partial charge in [-0.15, -0.1) is 64.9 Å². The average Bonchev–Trinajstić information content (AvgIpc) is 3.63. The summed E-state index contributed by atoms with van der Waals surface area (Å²) in [6.07, 6.45) is 0.347. The molecule has 6 heteroatoms. The molecule has 1 radical (unpaired) electrons. The number of benzene rings is 2. The maximum absolute atomic E-state index is 8.72. The van der Waals surface area contributed by atoms with Crippen molar-refractivity contribution >= 4 is 43.6 Å². The smallest absolute Gasteiger partial charge is 0.216 e. The van der Waals surface area contributed by atoms with Gasteiger partial charge in [-0.1, -0.05) is 56.3 Å². The van der Waals surface area contributed by atoms with E-state index >= 15 is 0 Å². The van der Waals surface area contributed by atoms with E-state index in [9.17, 15) is 0 Å². The normalized spacial score (nSPS) is 13.7. The summed E-state index contributed by atoms with van der Waals surface area (Å²) in [5.74, 6) is 0. The second-order valence-electron chi connectivity index (χ2n) is 11.7. The van der Waals surface area contributed by atoms with Gasteiger partial charge in [0.1, 0.15) is 0 Å². The van der Waals surface area contributed by atoms with Crippen LogP contribution in [-0.2, 0) is 26.5 Å². The molecule has 2 aromatic carbocycles. The molecule has 0 N–H and O–H groups in total. The fourth-order valence-electron chi connectivity index (χ4n) is 4.79. The Bertz CT molecular complexity index is 2290. The molecule has 0 bridgehead atoms. The summed E-state index contributed by atoms with van der Waals surface area (Å²) in [7, 11) is 0. The number of aryl methyl sites for hydroxylation is 4. The van der Waals surface area contributed by atoms with Crippen LogP contribution in [0.5, 0.6) is 0 Å². The fourth-order valence-corrected chi connectivity index (χ4v) is 5.62. The number of nitrogens with zero attached hydrogens (tertiary/aromatic N) is 3. The number of thiophene rings is 1. The van der Waals surface area contributed by atoms with Crippen LogP contribution < -0.4 is 0 Å². The van der Waals surface area contributed by atoms with Crippen LogP contribution in [-0.4, -0.2) is 15.0 Å². The first-order valence-electron chi connectivity index (χ1n) is 16.6. The molecule has 0 unspecified atom stereocenters. The Labute approximate surface area is 284 Å². The van der Waals surface area contributed by atoms with Crippen molar-refractivity contribution in [3.05, 3.63) is 112 Å². The Kier molecular flexibility index (Phi) is 7.41. The zero-order valence-corrected chi connectivity index (χ0v) is 28.6. The standard InChI is InChI=1S/C24H21N2OS.C14H14N.Ir/c1-14-8-9-17-16-6-5-7-18(22(16)27-23(17)25-14)19-10-11-20-21(26-19)15(13-28-20)12-24(2,3)4;1-10-4-6-13(7-5-10)14-8-11(2)12(3)9-15-14;/h5-6,8-11,13H,12H2,1-4H3;4-6,8-9H,1-3H3;/q2*-1;/i1D3,12D2;;. The molecule has 5 heterocycles.